The number of hydrogen-bond acceptors (Lipinski definition) is 3. The fourth-order valence-electron chi connectivity index (χ4n) is 2.56. The van der Waals surface area contributed by atoms with E-state index in [1.54, 1.807) is 18.2 Å². The molecule has 0 N–H and O–H groups in total. The van der Waals surface area contributed by atoms with Crippen LogP contribution in [-0.4, -0.2) is 20.0 Å². The first kappa shape index (κ1) is 17.8. The van der Waals surface area contributed by atoms with Gasteiger partial charge in [-0.15, -0.1) is 0 Å². The summed E-state index contributed by atoms with van der Waals surface area (Å²) in [5.41, 5.74) is 0.364. The molecule has 6 heteroatoms. The van der Waals surface area contributed by atoms with Gasteiger partial charge < -0.3 is 9.47 Å². The van der Waals surface area contributed by atoms with Crippen LogP contribution < -0.4 is 9.47 Å². The van der Waals surface area contributed by atoms with Crippen LogP contribution in [0.15, 0.2) is 42.5 Å². The smallest absolute Gasteiger partial charge is 0.416 e. The molecule has 1 atom stereocenters. The SMILES string of the molecule is COc1ccc(C(C(C)=O)c2ccc(C(F)(F)F)cc2)cc1OC. The second-order valence-electron chi connectivity index (χ2n) is 5.28. The van der Waals surface area contributed by atoms with E-state index in [0.717, 1.165) is 12.1 Å². The first-order valence-electron chi connectivity index (χ1n) is 7.17. The second-order valence-corrected chi connectivity index (χ2v) is 5.28. The summed E-state index contributed by atoms with van der Waals surface area (Å²) < 4.78 is 48.4. The van der Waals surface area contributed by atoms with Gasteiger partial charge in [0, 0.05) is 0 Å². The van der Waals surface area contributed by atoms with Gasteiger partial charge in [-0.2, -0.15) is 13.2 Å². The zero-order valence-corrected chi connectivity index (χ0v) is 13.5. The Morgan fingerprint density at radius 3 is 1.92 bits per heavy atom. The molecule has 2 aromatic carbocycles. The molecular weight excluding hydrogens is 321 g/mol. The lowest BCUT2D eigenvalue weighted by Crippen LogP contribution is -2.12. The van der Waals surface area contributed by atoms with Crippen molar-refractivity contribution >= 4 is 5.78 Å². The zero-order valence-electron chi connectivity index (χ0n) is 13.5. The first-order valence-corrected chi connectivity index (χ1v) is 7.17. The van der Waals surface area contributed by atoms with Crippen LogP contribution in [0.1, 0.15) is 29.5 Å². The Hall–Kier alpha value is -2.50. The number of carbonyl (C=O) groups excluding carboxylic acids is 1. The molecule has 0 aromatic heterocycles. The third-order valence-electron chi connectivity index (χ3n) is 3.72. The number of benzene rings is 2. The maximum Gasteiger partial charge on any atom is 0.416 e. The maximum absolute atomic E-state index is 12.7. The summed E-state index contributed by atoms with van der Waals surface area (Å²) in [6.07, 6.45) is -4.41. The van der Waals surface area contributed by atoms with E-state index in [1.807, 2.05) is 0 Å². The Balaban J connectivity index is 2.45. The molecule has 0 saturated carbocycles. The van der Waals surface area contributed by atoms with E-state index in [9.17, 15) is 18.0 Å². The molecule has 0 aliphatic heterocycles. The molecule has 1 unspecified atom stereocenters. The minimum Gasteiger partial charge on any atom is -0.493 e. The average Bonchev–Trinajstić information content (AvgIpc) is 2.54. The Labute approximate surface area is 138 Å². The van der Waals surface area contributed by atoms with Crippen molar-refractivity contribution < 1.29 is 27.4 Å². The Morgan fingerprint density at radius 2 is 1.46 bits per heavy atom. The molecule has 0 saturated heterocycles. The van der Waals surface area contributed by atoms with Crippen LogP contribution in [0, 0.1) is 0 Å². The zero-order chi connectivity index (χ0) is 17.9. The topological polar surface area (TPSA) is 35.5 Å². The minimum atomic E-state index is -4.41. The molecule has 2 rings (SSSR count). The van der Waals surface area contributed by atoms with E-state index in [1.165, 1.54) is 33.3 Å². The van der Waals surface area contributed by atoms with Crippen LogP contribution in [0.3, 0.4) is 0 Å². The molecule has 128 valence electrons. The van der Waals surface area contributed by atoms with Gasteiger partial charge in [-0.1, -0.05) is 18.2 Å². The Morgan fingerprint density at radius 1 is 0.917 bits per heavy atom. The largest absolute Gasteiger partial charge is 0.493 e. The fourth-order valence-corrected chi connectivity index (χ4v) is 2.56. The summed E-state index contributed by atoms with van der Waals surface area (Å²) in [4.78, 5) is 12.1. The second kappa shape index (κ2) is 6.95. The van der Waals surface area contributed by atoms with Gasteiger partial charge in [-0.05, 0) is 42.3 Å². The average molecular weight is 338 g/mol. The maximum atomic E-state index is 12.7. The molecule has 0 amide bonds. The fraction of sp³-hybridized carbons (Fsp3) is 0.278. The standard InChI is InChI=1S/C18H17F3O3/c1-11(22)17(12-4-7-14(8-5-12)18(19,20)21)13-6-9-15(23-2)16(10-13)24-3/h4-10,17H,1-3H3. The highest BCUT2D eigenvalue weighted by molar-refractivity contribution is 5.87. The molecule has 0 bridgehead atoms. The van der Waals surface area contributed by atoms with Crippen LogP contribution in [-0.2, 0) is 11.0 Å². The van der Waals surface area contributed by atoms with E-state index < -0.39 is 17.7 Å². The van der Waals surface area contributed by atoms with Crippen LogP contribution in [0.2, 0.25) is 0 Å². The number of methoxy groups -OCH3 is 2. The molecule has 0 aliphatic rings. The van der Waals surface area contributed by atoms with Gasteiger partial charge in [0.15, 0.2) is 11.5 Å². The number of Topliss-reactive ketones (excluding diaryl/α,β-unsaturated/α-hetero) is 1. The summed E-state index contributed by atoms with van der Waals surface area (Å²) in [5, 5.41) is 0. The van der Waals surface area contributed by atoms with Crippen molar-refractivity contribution in [3.05, 3.63) is 59.2 Å². The van der Waals surface area contributed by atoms with Gasteiger partial charge in [-0.3, -0.25) is 4.79 Å². The number of alkyl halides is 3. The quantitative estimate of drug-likeness (QED) is 0.808. The molecule has 0 heterocycles. The van der Waals surface area contributed by atoms with Crippen molar-refractivity contribution in [2.75, 3.05) is 14.2 Å². The lowest BCUT2D eigenvalue weighted by molar-refractivity contribution is -0.137. The highest BCUT2D eigenvalue weighted by Crippen LogP contribution is 2.35. The molecule has 2 aromatic rings. The number of rotatable bonds is 5. The summed E-state index contributed by atoms with van der Waals surface area (Å²) in [6, 6.07) is 9.62. The number of hydrogen-bond donors (Lipinski definition) is 0. The van der Waals surface area contributed by atoms with E-state index in [2.05, 4.69) is 0 Å². The van der Waals surface area contributed by atoms with Crippen LogP contribution in [0.4, 0.5) is 13.2 Å². The van der Waals surface area contributed by atoms with Crippen LogP contribution in [0.25, 0.3) is 0 Å². The predicted molar refractivity (Wildman–Crippen MR) is 83.5 cm³/mol. The highest BCUT2D eigenvalue weighted by Gasteiger charge is 2.30. The van der Waals surface area contributed by atoms with E-state index in [4.69, 9.17) is 9.47 Å². The van der Waals surface area contributed by atoms with Crippen LogP contribution >= 0.6 is 0 Å². The van der Waals surface area contributed by atoms with Crippen molar-refractivity contribution in [3.8, 4) is 11.5 Å². The van der Waals surface area contributed by atoms with Gasteiger partial charge in [0.05, 0.1) is 25.7 Å². The van der Waals surface area contributed by atoms with Crippen molar-refractivity contribution in [3.63, 3.8) is 0 Å². The molecule has 0 spiro atoms. The molecule has 0 aliphatic carbocycles. The van der Waals surface area contributed by atoms with Crippen molar-refractivity contribution in [2.45, 2.75) is 19.0 Å². The molecular formula is C18H17F3O3. The van der Waals surface area contributed by atoms with Crippen molar-refractivity contribution in [2.24, 2.45) is 0 Å². The summed E-state index contributed by atoms with van der Waals surface area (Å²) in [5.74, 6) is 0.109. The Bertz CT molecular complexity index is 721. The third-order valence-corrected chi connectivity index (χ3v) is 3.72. The normalized spacial score (nSPS) is 12.6. The monoisotopic (exact) mass is 338 g/mol. The number of carbonyl (C=O) groups is 1. The third kappa shape index (κ3) is 3.69. The number of ether oxygens (including phenoxy) is 2. The van der Waals surface area contributed by atoms with E-state index >= 15 is 0 Å². The number of ketones is 1. The lowest BCUT2D eigenvalue weighted by atomic mass is 9.87. The summed E-state index contributed by atoms with van der Waals surface area (Å²) in [6.45, 7) is 1.40. The first-order chi connectivity index (χ1) is 11.3. The van der Waals surface area contributed by atoms with Crippen LogP contribution in [0.5, 0.6) is 11.5 Å². The number of halogens is 3. The summed E-state index contributed by atoms with van der Waals surface area (Å²) in [7, 11) is 2.97. The van der Waals surface area contributed by atoms with Gasteiger partial charge in [0.2, 0.25) is 0 Å². The van der Waals surface area contributed by atoms with Gasteiger partial charge in [0.1, 0.15) is 5.78 Å². The van der Waals surface area contributed by atoms with Gasteiger partial charge in [-0.25, -0.2) is 0 Å². The lowest BCUT2D eigenvalue weighted by Gasteiger charge is -2.18. The van der Waals surface area contributed by atoms with E-state index in [-0.39, 0.29) is 5.78 Å². The van der Waals surface area contributed by atoms with E-state index in [0.29, 0.717) is 22.6 Å². The highest BCUT2D eigenvalue weighted by atomic mass is 19.4. The van der Waals surface area contributed by atoms with Crippen molar-refractivity contribution in [1.29, 1.82) is 0 Å². The minimum absolute atomic E-state index is 0.179. The van der Waals surface area contributed by atoms with Crippen molar-refractivity contribution in [1.82, 2.24) is 0 Å². The molecule has 24 heavy (non-hydrogen) atoms. The van der Waals surface area contributed by atoms with Gasteiger partial charge in [0.25, 0.3) is 0 Å². The van der Waals surface area contributed by atoms with Gasteiger partial charge >= 0.3 is 6.18 Å². The molecule has 0 fully saturated rings. The molecule has 0 radical (unpaired) electrons. The predicted octanol–water partition coefficient (Wildman–Crippen LogP) is 4.44. The Kier molecular flexibility index (Phi) is 5.17. The summed E-state index contributed by atoms with van der Waals surface area (Å²) >= 11 is 0. The molecule has 3 nitrogen and oxygen atoms in total.